The van der Waals surface area contributed by atoms with Crippen LogP contribution in [-0.4, -0.2) is 28.4 Å². The van der Waals surface area contributed by atoms with Crippen LogP contribution in [0.15, 0.2) is 0 Å². The molecule has 2 N–H and O–H groups in total. The fourth-order valence-electron chi connectivity index (χ4n) is 2.85. The van der Waals surface area contributed by atoms with E-state index in [1.165, 1.54) is 6.42 Å². The van der Waals surface area contributed by atoms with Crippen molar-refractivity contribution in [3.8, 4) is 0 Å². The number of hydrogen-bond acceptors (Lipinski definition) is 2. The van der Waals surface area contributed by atoms with Crippen LogP contribution in [0.1, 0.15) is 52.4 Å². The van der Waals surface area contributed by atoms with E-state index >= 15 is 0 Å². The summed E-state index contributed by atoms with van der Waals surface area (Å²) in [5.41, 5.74) is 5.60. The van der Waals surface area contributed by atoms with Crippen molar-refractivity contribution < 1.29 is 4.79 Å². The Morgan fingerprint density at radius 3 is 2.13 bits per heavy atom. The van der Waals surface area contributed by atoms with Crippen molar-refractivity contribution in [2.45, 2.75) is 70.0 Å². The van der Waals surface area contributed by atoms with E-state index in [4.69, 9.17) is 5.73 Å². The molecular formula is C12H22N2O. The highest BCUT2D eigenvalue weighted by molar-refractivity contribution is 5.87. The lowest BCUT2D eigenvalue weighted by Gasteiger charge is -2.46. The zero-order chi connectivity index (χ0) is 11.1. The molecule has 0 aromatic rings. The Labute approximate surface area is 92.0 Å². The maximum absolute atomic E-state index is 12.3. The Kier molecular flexibility index (Phi) is 2.75. The smallest absolute Gasteiger partial charge is 0.243 e. The fraction of sp³-hybridized carbons (Fsp3) is 0.917. The molecular weight excluding hydrogens is 188 g/mol. The largest absolute Gasteiger partial charge is 0.336 e. The van der Waals surface area contributed by atoms with E-state index in [-0.39, 0.29) is 5.91 Å². The molecule has 3 nitrogen and oxygen atoms in total. The van der Waals surface area contributed by atoms with Crippen molar-refractivity contribution in [1.29, 1.82) is 0 Å². The molecule has 1 saturated heterocycles. The summed E-state index contributed by atoms with van der Waals surface area (Å²) in [6.45, 7) is 4.30. The van der Waals surface area contributed by atoms with Gasteiger partial charge in [-0.05, 0) is 52.4 Å². The molecule has 2 unspecified atom stereocenters. The van der Waals surface area contributed by atoms with E-state index in [0.717, 1.165) is 32.1 Å². The van der Waals surface area contributed by atoms with Gasteiger partial charge in [0.2, 0.25) is 5.91 Å². The summed E-state index contributed by atoms with van der Waals surface area (Å²) in [7, 11) is 0. The monoisotopic (exact) mass is 210 g/mol. The standard InChI is InChI=1S/C12H22N2O/c1-9-5-3-6-10(2)14(9)11(15)12(13)7-4-8-12/h9-10H,3-8,13H2,1-2H3. The van der Waals surface area contributed by atoms with Crippen LogP contribution in [0, 0.1) is 0 Å². The van der Waals surface area contributed by atoms with Crippen molar-refractivity contribution >= 4 is 5.91 Å². The number of hydrogen-bond donors (Lipinski definition) is 1. The molecule has 15 heavy (non-hydrogen) atoms. The van der Waals surface area contributed by atoms with Gasteiger partial charge in [0, 0.05) is 12.1 Å². The van der Waals surface area contributed by atoms with Crippen LogP contribution in [0.3, 0.4) is 0 Å². The summed E-state index contributed by atoms with van der Waals surface area (Å²) in [4.78, 5) is 14.4. The Bertz CT molecular complexity index is 250. The van der Waals surface area contributed by atoms with Crippen molar-refractivity contribution in [3.05, 3.63) is 0 Å². The van der Waals surface area contributed by atoms with E-state index in [0.29, 0.717) is 12.1 Å². The minimum Gasteiger partial charge on any atom is -0.336 e. The number of nitrogens with zero attached hydrogens (tertiary/aromatic N) is 1. The molecule has 0 aromatic carbocycles. The first kappa shape index (κ1) is 10.9. The van der Waals surface area contributed by atoms with E-state index in [9.17, 15) is 4.79 Å². The third-order valence-electron chi connectivity index (χ3n) is 4.10. The molecule has 2 aliphatic rings. The second kappa shape index (κ2) is 3.78. The predicted molar refractivity (Wildman–Crippen MR) is 60.4 cm³/mol. The average molecular weight is 210 g/mol. The SMILES string of the molecule is CC1CCCC(C)N1C(=O)C1(N)CCC1. The molecule has 2 fully saturated rings. The summed E-state index contributed by atoms with van der Waals surface area (Å²) in [6.07, 6.45) is 6.37. The molecule has 2 atom stereocenters. The van der Waals surface area contributed by atoms with Crippen LogP contribution in [-0.2, 0) is 4.79 Å². The normalized spacial score (nSPS) is 34.7. The minimum absolute atomic E-state index is 0.202. The number of rotatable bonds is 1. The Morgan fingerprint density at radius 2 is 1.73 bits per heavy atom. The van der Waals surface area contributed by atoms with Gasteiger partial charge in [0.25, 0.3) is 0 Å². The van der Waals surface area contributed by atoms with Gasteiger partial charge in [0.05, 0.1) is 5.54 Å². The van der Waals surface area contributed by atoms with E-state index in [1.807, 2.05) is 4.90 Å². The van der Waals surface area contributed by atoms with Crippen molar-refractivity contribution in [2.75, 3.05) is 0 Å². The van der Waals surface area contributed by atoms with Gasteiger partial charge in [0.1, 0.15) is 0 Å². The first-order valence-corrected chi connectivity index (χ1v) is 6.16. The highest BCUT2D eigenvalue weighted by Crippen LogP contribution is 2.34. The number of carbonyl (C=O) groups is 1. The van der Waals surface area contributed by atoms with Gasteiger partial charge in [-0.15, -0.1) is 0 Å². The number of piperidine rings is 1. The first-order valence-electron chi connectivity index (χ1n) is 6.16. The van der Waals surface area contributed by atoms with Crippen molar-refractivity contribution in [1.82, 2.24) is 4.90 Å². The number of nitrogens with two attached hydrogens (primary N) is 1. The summed E-state index contributed by atoms with van der Waals surface area (Å²) in [5.74, 6) is 0.202. The van der Waals surface area contributed by atoms with Crippen LogP contribution < -0.4 is 5.73 Å². The number of likely N-dealkylation sites (tertiary alicyclic amines) is 1. The zero-order valence-corrected chi connectivity index (χ0v) is 9.83. The van der Waals surface area contributed by atoms with Crippen LogP contribution in [0.2, 0.25) is 0 Å². The van der Waals surface area contributed by atoms with Gasteiger partial charge in [-0.25, -0.2) is 0 Å². The van der Waals surface area contributed by atoms with Gasteiger partial charge < -0.3 is 10.6 Å². The molecule has 1 amide bonds. The molecule has 0 spiro atoms. The predicted octanol–water partition coefficient (Wildman–Crippen LogP) is 1.66. The Morgan fingerprint density at radius 1 is 1.20 bits per heavy atom. The van der Waals surface area contributed by atoms with Crippen molar-refractivity contribution in [3.63, 3.8) is 0 Å². The summed E-state index contributed by atoms with van der Waals surface area (Å²) in [6, 6.07) is 0.754. The van der Waals surface area contributed by atoms with E-state index in [1.54, 1.807) is 0 Å². The molecule has 3 heteroatoms. The van der Waals surface area contributed by atoms with Crippen LogP contribution in [0.25, 0.3) is 0 Å². The summed E-state index contributed by atoms with van der Waals surface area (Å²) < 4.78 is 0. The molecule has 2 rings (SSSR count). The average Bonchev–Trinajstić information content (AvgIpc) is 2.13. The number of carbonyl (C=O) groups excluding carboxylic acids is 1. The van der Waals surface area contributed by atoms with Crippen LogP contribution in [0.4, 0.5) is 0 Å². The summed E-state index contributed by atoms with van der Waals surface area (Å²) >= 11 is 0. The molecule has 1 aliphatic heterocycles. The molecule has 1 aliphatic carbocycles. The van der Waals surface area contributed by atoms with Gasteiger partial charge >= 0.3 is 0 Å². The third kappa shape index (κ3) is 1.78. The molecule has 1 saturated carbocycles. The Balaban J connectivity index is 2.10. The van der Waals surface area contributed by atoms with Gasteiger partial charge in [-0.1, -0.05) is 0 Å². The highest BCUT2D eigenvalue weighted by Gasteiger charge is 2.45. The maximum Gasteiger partial charge on any atom is 0.243 e. The topological polar surface area (TPSA) is 46.3 Å². The fourth-order valence-corrected chi connectivity index (χ4v) is 2.85. The second-order valence-corrected chi connectivity index (χ2v) is 5.35. The van der Waals surface area contributed by atoms with Crippen molar-refractivity contribution in [2.24, 2.45) is 5.73 Å². The number of amides is 1. The molecule has 0 radical (unpaired) electrons. The summed E-state index contributed by atoms with van der Waals surface area (Å²) in [5, 5.41) is 0. The molecule has 0 aromatic heterocycles. The highest BCUT2D eigenvalue weighted by atomic mass is 16.2. The van der Waals surface area contributed by atoms with E-state index < -0.39 is 5.54 Å². The molecule has 1 heterocycles. The lowest BCUT2D eigenvalue weighted by Crippen LogP contribution is -2.63. The van der Waals surface area contributed by atoms with Crippen LogP contribution >= 0.6 is 0 Å². The zero-order valence-electron chi connectivity index (χ0n) is 9.83. The van der Waals surface area contributed by atoms with Gasteiger partial charge in [-0.2, -0.15) is 0 Å². The quantitative estimate of drug-likeness (QED) is 0.715. The van der Waals surface area contributed by atoms with Gasteiger partial charge in [-0.3, -0.25) is 4.79 Å². The first-order chi connectivity index (χ1) is 7.04. The lowest BCUT2D eigenvalue weighted by atomic mass is 9.75. The molecule has 86 valence electrons. The van der Waals surface area contributed by atoms with Gasteiger partial charge in [0.15, 0.2) is 0 Å². The third-order valence-corrected chi connectivity index (χ3v) is 4.10. The molecule has 0 bridgehead atoms. The van der Waals surface area contributed by atoms with E-state index in [2.05, 4.69) is 13.8 Å². The maximum atomic E-state index is 12.3. The second-order valence-electron chi connectivity index (χ2n) is 5.35. The Hall–Kier alpha value is -0.570. The minimum atomic E-state index is -0.514. The lowest BCUT2D eigenvalue weighted by molar-refractivity contribution is -0.146. The van der Waals surface area contributed by atoms with Crippen LogP contribution in [0.5, 0.6) is 0 Å².